The van der Waals surface area contributed by atoms with Crippen molar-refractivity contribution in [2.45, 2.75) is 20.8 Å². The molecule has 0 radical (unpaired) electrons. The van der Waals surface area contributed by atoms with Crippen LogP contribution in [0.5, 0.6) is 0 Å². The molecule has 0 unspecified atom stereocenters. The summed E-state index contributed by atoms with van der Waals surface area (Å²) >= 11 is 0. The molecule has 40 heavy (non-hydrogen) atoms. The Kier molecular flexibility index (Phi) is 5.86. The van der Waals surface area contributed by atoms with Gasteiger partial charge >= 0.3 is 0 Å². The van der Waals surface area contributed by atoms with Crippen LogP contribution < -0.4 is 4.90 Å². The summed E-state index contributed by atoms with van der Waals surface area (Å²) in [6.45, 7) is 6.43. The molecule has 7 rings (SSSR count). The number of benzene rings is 7. The Morgan fingerprint density at radius 1 is 0.475 bits per heavy atom. The standard InChI is InChI=1S/C39H31N/c1-26(2)18-19-27(3)28-20-22-31(23-21-28)40(30-12-5-4-6-13-30)37-25-24-35-33-15-8-11-29-10-7-14-32(38(29)33)34-16-9-17-36(37)39(34)35/h4-25H,1-3H3/b27-19+. The highest BCUT2D eigenvalue weighted by Crippen LogP contribution is 2.45. The third-order valence-electron chi connectivity index (χ3n) is 8.01. The summed E-state index contributed by atoms with van der Waals surface area (Å²) in [7, 11) is 0. The van der Waals surface area contributed by atoms with E-state index in [4.69, 9.17) is 0 Å². The molecule has 0 saturated carbocycles. The zero-order valence-corrected chi connectivity index (χ0v) is 23.1. The van der Waals surface area contributed by atoms with Crippen molar-refractivity contribution in [3.8, 4) is 0 Å². The van der Waals surface area contributed by atoms with Crippen LogP contribution in [-0.2, 0) is 0 Å². The molecule has 0 saturated heterocycles. The number of rotatable bonds is 5. The maximum Gasteiger partial charge on any atom is 0.0540 e. The zero-order chi connectivity index (χ0) is 27.2. The molecule has 0 bridgehead atoms. The van der Waals surface area contributed by atoms with Gasteiger partial charge in [-0.05, 0) is 99.9 Å². The second kappa shape index (κ2) is 9.70. The maximum atomic E-state index is 2.39. The van der Waals surface area contributed by atoms with E-state index in [0.29, 0.717) is 0 Å². The number of allylic oxidation sites excluding steroid dienone is 4. The summed E-state index contributed by atoms with van der Waals surface area (Å²) < 4.78 is 0. The first-order chi connectivity index (χ1) is 19.6. The number of para-hydroxylation sites is 1. The molecule has 0 aromatic heterocycles. The minimum absolute atomic E-state index is 1.14. The van der Waals surface area contributed by atoms with E-state index in [1.165, 1.54) is 65.5 Å². The topological polar surface area (TPSA) is 3.24 Å². The van der Waals surface area contributed by atoms with E-state index in [0.717, 1.165) is 11.4 Å². The first-order valence-corrected chi connectivity index (χ1v) is 14.0. The van der Waals surface area contributed by atoms with Crippen molar-refractivity contribution in [3.05, 3.63) is 145 Å². The third-order valence-corrected chi connectivity index (χ3v) is 8.01. The van der Waals surface area contributed by atoms with E-state index >= 15 is 0 Å². The first kappa shape index (κ1) is 24.2. The molecular weight excluding hydrogens is 482 g/mol. The van der Waals surface area contributed by atoms with E-state index in [1.807, 2.05) is 0 Å². The van der Waals surface area contributed by atoms with Crippen LogP contribution in [0.4, 0.5) is 17.1 Å². The predicted octanol–water partition coefficient (Wildman–Crippen LogP) is 11.6. The van der Waals surface area contributed by atoms with Crippen LogP contribution in [-0.4, -0.2) is 0 Å². The lowest BCUT2D eigenvalue weighted by Crippen LogP contribution is -2.10. The van der Waals surface area contributed by atoms with Crippen molar-refractivity contribution >= 4 is 65.7 Å². The molecule has 0 atom stereocenters. The van der Waals surface area contributed by atoms with Gasteiger partial charge < -0.3 is 4.90 Å². The molecule has 0 aliphatic carbocycles. The summed E-state index contributed by atoms with van der Waals surface area (Å²) in [5, 5.41) is 10.5. The lowest BCUT2D eigenvalue weighted by atomic mass is 9.89. The molecule has 0 fully saturated rings. The van der Waals surface area contributed by atoms with Gasteiger partial charge in [0, 0.05) is 16.8 Å². The molecule has 0 aliphatic heterocycles. The normalized spacial score (nSPS) is 12.0. The van der Waals surface area contributed by atoms with Crippen molar-refractivity contribution in [1.82, 2.24) is 0 Å². The highest BCUT2D eigenvalue weighted by molar-refractivity contribution is 6.34. The SMILES string of the molecule is CC(C)=C/C=C(\C)c1ccc(N(c2ccccc2)c2ccc3c4cccc5cccc(c6cccc2c63)c54)cc1. The number of hydrogen-bond acceptors (Lipinski definition) is 1. The summed E-state index contributed by atoms with van der Waals surface area (Å²) in [5.74, 6) is 0. The van der Waals surface area contributed by atoms with Gasteiger partial charge in [0.15, 0.2) is 0 Å². The third kappa shape index (κ3) is 3.94. The Hall–Kier alpha value is -4.88. The lowest BCUT2D eigenvalue weighted by Gasteiger charge is -2.28. The summed E-state index contributed by atoms with van der Waals surface area (Å²) in [5.41, 5.74) is 7.26. The average molecular weight is 514 g/mol. The van der Waals surface area contributed by atoms with Crippen LogP contribution >= 0.6 is 0 Å². The van der Waals surface area contributed by atoms with Gasteiger partial charge in [0.2, 0.25) is 0 Å². The lowest BCUT2D eigenvalue weighted by molar-refractivity contribution is 1.30. The Morgan fingerprint density at radius 2 is 1.05 bits per heavy atom. The van der Waals surface area contributed by atoms with Gasteiger partial charge in [0.05, 0.1) is 5.69 Å². The molecule has 0 amide bonds. The number of anilines is 3. The van der Waals surface area contributed by atoms with Gasteiger partial charge in [-0.25, -0.2) is 0 Å². The smallest absolute Gasteiger partial charge is 0.0540 e. The molecule has 0 N–H and O–H groups in total. The molecule has 0 aliphatic rings. The van der Waals surface area contributed by atoms with Gasteiger partial charge in [0.25, 0.3) is 0 Å². The van der Waals surface area contributed by atoms with E-state index in [-0.39, 0.29) is 0 Å². The van der Waals surface area contributed by atoms with Crippen LogP contribution in [0.15, 0.2) is 139 Å². The second-order valence-electron chi connectivity index (χ2n) is 10.9. The van der Waals surface area contributed by atoms with Crippen molar-refractivity contribution in [2.75, 3.05) is 4.90 Å². The van der Waals surface area contributed by atoms with Crippen molar-refractivity contribution in [2.24, 2.45) is 0 Å². The minimum atomic E-state index is 1.14. The highest BCUT2D eigenvalue weighted by Gasteiger charge is 2.19. The summed E-state index contributed by atoms with van der Waals surface area (Å²) in [4.78, 5) is 2.39. The second-order valence-corrected chi connectivity index (χ2v) is 10.9. The number of hydrogen-bond donors (Lipinski definition) is 0. The van der Waals surface area contributed by atoms with Crippen LogP contribution in [0.3, 0.4) is 0 Å². The predicted molar refractivity (Wildman–Crippen MR) is 175 cm³/mol. The van der Waals surface area contributed by atoms with Gasteiger partial charge in [-0.15, -0.1) is 0 Å². The van der Waals surface area contributed by atoms with E-state index in [1.54, 1.807) is 0 Å². The molecular formula is C39H31N. The van der Waals surface area contributed by atoms with Crippen molar-refractivity contribution in [1.29, 1.82) is 0 Å². The van der Waals surface area contributed by atoms with Gasteiger partial charge in [-0.2, -0.15) is 0 Å². The fraction of sp³-hybridized carbons (Fsp3) is 0.0769. The van der Waals surface area contributed by atoms with Crippen LogP contribution in [0.2, 0.25) is 0 Å². The van der Waals surface area contributed by atoms with E-state index in [9.17, 15) is 0 Å². The molecule has 0 heterocycles. The fourth-order valence-electron chi connectivity index (χ4n) is 6.09. The van der Waals surface area contributed by atoms with E-state index < -0.39 is 0 Å². The maximum absolute atomic E-state index is 2.39. The summed E-state index contributed by atoms with van der Waals surface area (Å²) in [6.07, 6.45) is 4.37. The van der Waals surface area contributed by atoms with Gasteiger partial charge in [0.1, 0.15) is 0 Å². The molecule has 1 nitrogen and oxygen atoms in total. The Bertz CT molecular complexity index is 2010. The molecule has 1 heteroatoms. The minimum Gasteiger partial charge on any atom is -0.310 e. The van der Waals surface area contributed by atoms with E-state index in [2.05, 4.69) is 159 Å². The molecule has 7 aromatic carbocycles. The monoisotopic (exact) mass is 513 g/mol. The van der Waals surface area contributed by atoms with Crippen molar-refractivity contribution < 1.29 is 0 Å². The fourth-order valence-corrected chi connectivity index (χ4v) is 6.09. The summed E-state index contributed by atoms with van der Waals surface area (Å²) in [6, 6.07) is 44.4. The quantitative estimate of drug-likeness (QED) is 0.126. The largest absolute Gasteiger partial charge is 0.310 e. The Labute approximate surface area is 235 Å². The van der Waals surface area contributed by atoms with Gasteiger partial charge in [-0.3, -0.25) is 0 Å². The van der Waals surface area contributed by atoms with Gasteiger partial charge in [-0.1, -0.05) is 109 Å². The number of nitrogens with zero attached hydrogens (tertiary/aromatic N) is 1. The zero-order valence-electron chi connectivity index (χ0n) is 23.1. The average Bonchev–Trinajstić information content (AvgIpc) is 3.00. The Morgan fingerprint density at radius 3 is 1.73 bits per heavy atom. The van der Waals surface area contributed by atoms with Crippen LogP contribution in [0.1, 0.15) is 26.3 Å². The molecule has 192 valence electrons. The molecule has 7 aromatic rings. The van der Waals surface area contributed by atoms with Crippen LogP contribution in [0.25, 0.3) is 48.7 Å². The first-order valence-electron chi connectivity index (χ1n) is 14.0. The number of fused-ring (bicyclic) bond motifs is 2. The Balaban J connectivity index is 1.48. The van der Waals surface area contributed by atoms with Crippen LogP contribution in [0, 0.1) is 0 Å². The molecule has 0 spiro atoms. The highest BCUT2D eigenvalue weighted by atomic mass is 15.1. The van der Waals surface area contributed by atoms with Crippen molar-refractivity contribution in [3.63, 3.8) is 0 Å².